The van der Waals surface area contributed by atoms with E-state index in [9.17, 15) is 0 Å². The summed E-state index contributed by atoms with van der Waals surface area (Å²) in [5.74, 6) is 0.967. The largest absolute Gasteiger partial charge is 0.314 e. The average molecular weight is 141 g/mol. The molecule has 0 aliphatic heterocycles. The molecule has 0 heterocycles. The van der Waals surface area contributed by atoms with Gasteiger partial charge in [0, 0.05) is 6.04 Å². The van der Waals surface area contributed by atoms with E-state index in [0.717, 1.165) is 12.0 Å². The quantitative estimate of drug-likeness (QED) is 0.635. The summed E-state index contributed by atoms with van der Waals surface area (Å²) in [6.07, 6.45) is 5.51. The summed E-state index contributed by atoms with van der Waals surface area (Å²) in [6.45, 7) is 5.79. The van der Waals surface area contributed by atoms with Crippen LogP contribution in [-0.2, 0) is 0 Å². The molecule has 0 radical (unpaired) electrons. The van der Waals surface area contributed by atoms with E-state index in [0.29, 0.717) is 0 Å². The molecule has 0 amide bonds. The predicted octanol–water partition coefficient (Wildman–Crippen LogP) is 2.17. The lowest BCUT2D eigenvalue weighted by Gasteiger charge is -2.10. The van der Waals surface area contributed by atoms with Crippen molar-refractivity contribution in [1.82, 2.24) is 5.32 Å². The zero-order valence-electron chi connectivity index (χ0n) is 7.19. The summed E-state index contributed by atoms with van der Waals surface area (Å²) in [6, 6.07) is 0.843. The van der Waals surface area contributed by atoms with Crippen LogP contribution in [0.15, 0.2) is 0 Å². The van der Waals surface area contributed by atoms with Crippen molar-refractivity contribution in [3.8, 4) is 0 Å². The third-order valence-electron chi connectivity index (χ3n) is 2.38. The van der Waals surface area contributed by atoms with Crippen LogP contribution in [0.1, 0.15) is 39.5 Å². The molecule has 1 N–H and O–H groups in total. The molecular weight excluding hydrogens is 122 g/mol. The molecule has 1 nitrogen and oxygen atoms in total. The van der Waals surface area contributed by atoms with Crippen molar-refractivity contribution >= 4 is 0 Å². The van der Waals surface area contributed by atoms with E-state index in [1.165, 1.54) is 32.2 Å². The second-order valence-corrected chi connectivity index (χ2v) is 3.57. The Morgan fingerprint density at radius 2 is 2.20 bits per heavy atom. The molecule has 1 rings (SSSR count). The molecule has 0 aromatic heterocycles. The molecule has 60 valence electrons. The van der Waals surface area contributed by atoms with Gasteiger partial charge in [-0.25, -0.2) is 0 Å². The Balaban J connectivity index is 2.06. The van der Waals surface area contributed by atoms with Crippen LogP contribution < -0.4 is 5.32 Å². The summed E-state index contributed by atoms with van der Waals surface area (Å²) in [4.78, 5) is 0. The van der Waals surface area contributed by atoms with E-state index < -0.39 is 0 Å². The highest BCUT2D eigenvalue weighted by Crippen LogP contribution is 2.24. The highest BCUT2D eigenvalue weighted by molar-refractivity contribution is 4.77. The van der Waals surface area contributed by atoms with Crippen LogP contribution in [0.5, 0.6) is 0 Å². The standard InChI is InChI=1S/C9H19N/c1-3-6-10-9-5-4-8(2)7-9/h8-10H,3-7H2,1-2H3. The first-order valence-electron chi connectivity index (χ1n) is 4.56. The normalized spacial score (nSPS) is 33.0. The first-order valence-corrected chi connectivity index (χ1v) is 4.56. The molecular formula is C9H19N. The van der Waals surface area contributed by atoms with E-state index >= 15 is 0 Å². The molecule has 0 aromatic rings. The lowest BCUT2D eigenvalue weighted by atomic mass is 10.1. The maximum Gasteiger partial charge on any atom is 0.00696 e. The van der Waals surface area contributed by atoms with Crippen LogP contribution in [0.2, 0.25) is 0 Å². The lowest BCUT2D eigenvalue weighted by molar-refractivity contribution is 0.502. The average Bonchev–Trinajstić information content (AvgIpc) is 2.31. The van der Waals surface area contributed by atoms with Gasteiger partial charge < -0.3 is 5.32 Å². The van der Waals surface area contributed by atoms with Crippen LogP contribution >= 0.6 is 0 Å². The second-order valence-electron chi connectivity index (χ2n) is 3.57. The minimum atomic E-state index is 0.843. The SMILES string of the molecule is CCCNC1CCC(C)C1. The number of hydrogen-bond donors (Lipinski definition) is 1. The summed E-state index contributed by atoms with van der Waals surface area (Å²) in [5.41, 5.74) is 0. The van der Waals surface area contributed by atoms with E-state index in [2.05, 4.69) is 19.2 Å². The molecule has 0 bridgehead atoms. The number of rotatable bonds is 3. The van der Waals surface area contributed by atoms with E-state index in [-0.39, 0.29) is 0 Å². The Morgan fingerprint density at radius 3 is 2.70 bits per heavy atom. The zero-order chi connectivity index (χ0) is 7.40. The van der Waals surface area contributed by atoms with Crippen molar-refractivity contribution < 1.29 is 0 Å². The summed E-state index contributed by atoms with van der Waals surface area (Å²) >= 11 is 0. The Labute approximate surface area is 64.2 Å². The van der Waals surface area contributed by atoms with Gasteiger partial charge in [-0.05, 0) is 38.1 Å². The van der Waals surface area contributed by atoms with Gasteiger partial charge in [0.05, 0.1) is 0 Å². The van der Waals surface area contributed by atoms with Crippen molar-refractivity contribution in [3.05, 3.63) is 0 Å². The molecule has 2 atom stereocenters. The first kappa shape index (κ1) is 8.06. The summed E-state index contributed by atoms with van der Waals surface area (Å²) in [7, 11) is 0. The van der Waals surface area contributed by atoms with Gasteiger partial charge in [0.2, 0.25) is 0 Å². The van der Waals surface area contributed by atoms with Crippen molar-refractivity contribution in [2.75, 3.05) is 6.54 Å². The van der Waals surface area contributed by atoms with E-state index in [4.69, 9.17) is 0 Å². The van der Waals surface area contributed by atoms with Crippen molar-refractivity contribution in [2.45, 2.75) is 45.6 Å². The van der Waals surface area contributed by atoms with Crippen LogP contribution in [-0.4, -0.2) is 12.6 Å². The molecule has 1 aliphatic carbocycles. The Bertz CT molecular complexity index is 90.7. The molecule has 0 aromatic carbocycles. The Hall–Kier alpha value is -0.0400. The second kappa shape index (κ2) is 3.97. The maximum atomic E-state index is 3.56. The molecule has 1 fully saturated rings. The van der Waals surface area contributed by atoms with Gasteiger partial charge in [-0.1, -0.05) is 13.8 Å². The van der Waals surface area contributed by atoms with Crippen LogP contribution in [0, 0.1) is 5.92 Å². The first-order chi connectivity index (χ1) is 4.83. The van der Waals surface area contributed by atoms with E-state index in [1.54, 1.807) is 0 Å². The van der Waals surface area contributed by atoms with Crippen LogP contribution in [0.4, 0.5) is 0 Å². The van der Waals surface area contributed by atoms with Gasteiger partial charge in [0.15, 0.2) is 0 Å². The fourth-order valence-electron chi connectivity index (χ4n) is 1.74. The molecule has 10 heavy (non-hydrogen) atoms. The van der Waals surface area contributed by atoms with Gasteiger partial charge >= 0.3 is 0 Å². The van der Waals surface area contributed by atoms with Crippen LogP contribution in [0.3, 0.4) is 0 Å². The third kappa shape index (κ3) is 2.30. The molecule has 2 unspecified atom stereocenters. The third-order valence-corrected chi connectivity index (χ3v) is 2.38. The van der Waals surface area contributed by atoms with Gasteiger partial charge in [0.1, 0.15) is 0 Å². The molecule has 1 heteroatoms. The Kier molecular flexibility index (Phi) is 3.20. The molecule has 1 aliphatic rings. The fourth-order valence-corrected chi connectivity index (χ4v) is 1.74. The molecule has 0 spiro atoms. The van der Waals surface area contributed by atoms with Gasteiger partial charge in [-0.15, -0.1) is 0 Å². The maximum absolute atomic E-state index is 3.56. The Morgan fingerprint density at radius 1 is 1.40 bits per heavy atom. The summed E-state index contributed by atoms with van der Waals surface area (Å²) < 4.78 is 0. The highest BCUT2D eigenvalue weighted by Gasteiger charge is 2.19. The van der Waals surface area contributed by atoms with Crippen molar-refractivity contribution in [1.29, 1.82) is 0 Å². The minimum Gasteiger partial charge on any atom is -0.314 e. The number of hydrogen-bond acceptors (Lipinski definition) is 1. The zero-order valence-corrected chi connectivity index (χ0v) is 7.19. The lowest BCUT2D eigenvalue weighted by Crippen LogP contribution is -2.26. The fraction of sp³-hybridized carbons (Fsp3) is 1.00. The monoisotopic (exact) mass is 141 g/mol. The minimum absolute atomic E-state index is 0.843. The molecule has 0 saturated heterocycles. The van der Waals surface area contributed by atoms with Gasteiger partial charge in [-0.2, -0.15) is 0 Å². The smallest absolute Gasteiger partial charge is 0.00696 e. The van der Waals surface area contributed by atoms with Gasteiger partial charge in [0.25, 0.3) is 0 Å². The predicted molar refractivity (Wildman–Crippen MR) is 45.1 cm³/mol. The highest BCUT2D eigenvalue weighted by atomic mass is 14.9. The van der Waals surface area contributed by atoms with Crippen molar-refractivity contribution in [3.63, 3.8) is 0 Å². The van der Waals surface area contributed by atoms with Crippen molar-refractivity contribution in [2.24, 2.45) is 5.92 Å². The number of nitrogens with one attached hydrogen (secondary N) is 1. The molecule has 1 saturated carbocycles. The van der Waals surface area contributed by atoms with E-state index in [1.807, 2.05) is 0 Å². The topological polar surface area (TPSA) is 12.0 Å². The van der Waals surface area contributed by atoms with Crippen LogP contribution in [0.25, 0.3) is 0 Å². The van der Waals surface area contributed by atoms with Gasteiger partial charge in [-0.3, -0.25) is 0 Å². The summed E-state index contributed by atoms with van der Waals surface area (Å²) in [5, 5.41) is 3.56.